The van der Waals surface area contributed by atoms with Crippen molar-refractivity contribution < 1.29 is 13.9 Å². The van der Waals surface area contributed by atoms with Gasteiger partial charge in [0.15, 0.2) is 0 Å². The first-order chi connectivity index (χ1) is 17.9. The van der Waals surface area contributed by atoms with Crippen LogP contribution in [0.2, 0.25) is 10.0 Å². The van der Waals surface area contributed by atoms with Gasteiger partial charge in [-0.15, -0.1) is 10.2 Å². The number of ether oxygens (including phenoxy) is 1. The van der Waals surface area contributed by atoms with Crippen molar-refractivity contribution in [2.75, 3.05) is 13.1 Å². The minimum Gasteiger partial charge on any atom is -0.474 e. The van der Waals surface area contributed by atoms with Crippen LogP contribution in [0.15, 0.2) is 71.6 Å². The van der Waals surface area contributed by atoms with E-state index >= 15 is 0 Å². The highest BCUT2D eigenvalue weighted by Gasteiger charge is 2.40. The summed E-state index contributed by atoms with van der Waals surface area (Å²) in [6.45, 7) is 2.93. The van der Waals surface area contributed by atoms with Crippen LogP contribution in [0, 0.1) is 17.2 Å². The zero-order valence-corrected chi connectivity index (χ0v) is 21.2. The molecule has 37 heavy (non-hydrogen) atoms. The van der Waals surface area contributed by atoms with Crippen molar-refractivity contribution in [1.29, 1.82) is 5.26 Å². The molecule has 5 rings (SSSR count). The van der Waals surface area contributed by atoms with Gasteiger partial charge in [-0.05, 0) is 55.0 Å². The van der Waals surface area contributed by atoms with Gasteiger partial charge in [0.1, 0.15) is 12.2 Å². The Morgan fingerprint density at radius 2 is 1.95 bits per heavy atom. The molecular weight excluding hydrogens is 513 g/mol. The normalized spacial score (nSPS) is 17.8. The highest BCUT2D eigenvalue weighted by Crippen LogP contribution is 2.39. The van der Waals surface area contributed by atoms with E-state index in [-0.39, 0.29) is 23.8 Å². The Labute approximate surface area is 223 Å². The van der Waals surface area contributed by atoms with Crippen molar-refractivity contribution in [2.45, 2.75) is 18.9 Å². The molecule has 2 aromatic heterocycles. The van der Waals surface area contributed by atoms with E-state index < -0.39 is 0 Å². The molecule has 10 heteroatoms. The summed E-state index contributed by atoms with van der Waals surface area (Å²) in [5.41, 5.74) is 2.72. The predicted octanol–water partition coefficient (Wildman–Crippen LogP) is 5.63. The van der Waals surface area contributed by atoms with E-state index in [4.69, 9.17) is 37.6 Å². The van der Waals surface area contributed by atoms with Crippen LogP contribution in [0.4, 0.5) is 0 Å². The van der Waals surface area contributed by atoms with E-state index in [1.807, 2.05) is 30.0 Å². The molecular formula is C27H21Cl2N5O3. The number of nitrogens with zero attached hydrogens (tertiary/aromatic N) is 5. The first kappa shape index (κ1) is 24.8. The van der Waals surface area contributed by atoms with Crippen molar-refractivity contribution in [2.24, 2.45) is 5.92 Å². The molecule has 1 amide bonds. The van der Waals surface area contributed by atoms with E-state index in [0.29, 0.717) is 46.0 Å². The Hall–Kier alpha value is -3.93. The lowest BCUT2D eigenvalue weighted by Gasteiger charge is -2.25. The van der Waals surface area contributed by atoms with Gasteiger partial charge >= 0.3 is 0 Å². The van der Waals surface area contributed by atoms with Crippen LogP contribution in [-0.4, -0.2) is 45.2 Å². The molecule has 0 N–H and O–H groups in total. The van der Waals surface area contributed by atoms with Gasteiger partial charge in [-0.1, -0.05) is 29.3 Å². The highest BCUT2D eigenvalue weighted by molar-refractivity contribution is 6.42. The summed E-state index contributed by atoms with van der Waals surface area (Å²) < 4.78 is 11.4. The Bertz CT molecular complexity index is 1440. The number of halogens is 2. The van der Waals surface area contributed by atoms with E-state index in [0.717, 1.165) is 11.1 Å². The molecule has 1 fully saturated rings. The SMILES string of the molecule is C[C@H](Oc1ccc(C#N)cn1)C1CN(C(=O)c2ccc(-c3nnco3)cc2)C[C@@H]1c1ccc(Cl)c(Cl)c1. The third kappa shape index (κ3) is 5.29. The number of nitriles is 1. The first-order valence-corrected chi connectivity index (χ1v) is 12.3. The smallest absolute Gasteiger partial charge is 0.253 e. The van der Waals surface area contributed by atoms with E-state index in [2.05, 4.69) is 15.2 Å². The second-order valence-electron chi connectivity index (χ2n) is 8.80. The lowest BCUT2D eigenvalue weighted by molar-refractivity contribution is 0.0769. The zero-order chi connectivity index (χ0) is 25.9. The van der Waals surface area contributed by atoms with Gasteiger partial charge < -0.3 is 14.1 Å². The van der Waals surface area contributed by atoms with Crippen LogP contribution in [0.25, 0.3) is 11.5 Å². The third-order valence-corrected chi connectivity index (χ3v) is 7.28. The number of likely N-dealkylation sites (tertiary alicyclic amines) is 1. The second kappa shape index (κ2) is 10.6. The van der Waals surface area contributed by atoms with Gasteiger partial charge in [-0.2, -0.15) is 5.26 Å². The van der Waals surface area contributed by atoms with Gasteiger partial charge in [-0.25, -0.2) is 4.98 Å². The molecule has 0 radical (unpaired) electrons. The molecule has 1 aliphatic heterocycles. The number of hydrogen-bond acceptors (Lipinski definition) is 7. The van der Waals surface area contributed by atoms with Crippen LogP contribution in [-0.2, 0) is 0 Å². The number of aromatic nitrogens is 3. The van der Waals surface area contributed by atoms with Crippen LogP contribution in [0.1, 0.15) is 34.3 Å². The molecule has 186 valence electrons. The quantitative estimate of drug-likeness (QED) is 0.316. The number of rotatable bonds is 6. The molecule has 3 atom stereocenters. The minimum absolute atomic E-state index is 0.0373. The predicted molar refractivity (Wildman–Crippen MR) is 137 cm³/mol. The maximum absolute atomic E-state index is 13.5. The second-order valence-corrected chi connectivity index (χ2v) is 9.61. The molecule has 1 saturated heterocycles. The van der Waals surface area contributed by atoms with Crippen LogP contribution >= 0.6 is 23.2 Å². The lowest BCUT2D eigenvalue weighted by atomic mass is 9.86. The average Bonchev–Trinajstić information content (AvgIpc) is 3.61. The standard InChI is InChI=1S/C27H21Cl2N5O3/c1-16(37-25-9-2-17(11-30)12-31-25)21-13-34(14-22(21)20-7-8-23(28)24(29)10-20)27(35)19-5-3-18(4-6-19)26-33-32-15-36-26/h2-10,12,15-16,21-22H,13-14H2,1H3/t16-,21?,22+/m0/s1. The molecule has 8 nitrogen and oxygen atoms in total. The Balaban J connectivity index is 1.39. The van der Waals surface area contributed by atoms with E-state index in [1.165, 1.54) is 12.6 Å². The van der Waals surface area contributed by atoms with Gasteiger partial charge in [0, 0.05) is 48.3 Å². The van der Waals surface area contributed by atoms with Crippen LogP contribution < -0.4 is 4.74 Å². The molecule has 0 bridgehead atoms. The largest absolute Gasteiger partial charge is 0.474 e. The summed E-state index contributed by atoms with van der Waals surface area (Å²) >= 11 is 12.5. The van der Waals surface area contributed by atoms with Crippen molar-refractivity contribution >= 4 is 29.1 Å². The van der Waals surface area contributed by atoms with Crippen molar-refractivity contribution in [3.05, 3.63) is 93.9 Å². The first-order valence-electron chi connectivity index (χ1n) is 11.6. The molecule has 0 saturated carbocycles. The van der Waals surface area contributed by atoms with Crippen LogP contribution in [0.5, 0.6) is 5.88 Å². The molecule has 0 aliphatic carbocycles. The van der Waals surface area contributed by atoms with Crippen molar-refractivity contribution in [1.82, 2.24) is 20.1 Å². The summed E-state index contributed by atoms with van der Waals surface area (Å²) in [4.78, 5) is 19.5. The molecule has 3 heterocycles. The Morgan fingerprint density at radius 3 is 2.59 bits per heavy atom. The van der Waals surface area contributed by atoms with Crippen LogP contribution in [0.3, 0.4) is 0 Å². The molecule has 0 spiro atoms. The number of benzene rings is 2. The molecule has 1 aliphatic rings. The number of carbonyl (C=O) groups is 1. The summed E-state index contributed by atoms with van der Waals surface area (Å²) in [5.74, 6) is 0.637. The summed E-state index contributed by atoms with van der Waals surface area (Å²) in [6, 6.07) is 18.0. The number of carbonyl (C=O) groups excluding carboxylic acids is 1. The maximum Gasteiger partial charge on any atom is 0.253 e. The third-order valence-electron chi connectivity index (χ3n) is 6.54. The average molecular weight is 534 g/mol. The fourth-order valence-electron chi connectivity index (χ4n) is 4.60. The highest BCUT2D eigenvalue weighted by atomic mass is 35.5. The van der Waals surface area contributed by atoms with E-state index in [1.54, 1.807) is 42.5 Å². The van der Waals surface area contributed by atoms with Gasteiger partial charge in [0.25, 0.3) is 5.91 Å². The topological polar surface area (TPSA) is 105 Å². The summed E-state index contributed by atoms with van der Waals surface area (Å²) in [6.07, 6.45) is 2.46. The lowest BCUT2D eigenvalue weighted by Crippen LogP contribution is -2.32. The summed E-state index contributed by atoms with van der Waals surface area (Å²) in [5, 5.41) is 17.5. The maximum atomic E-state index is 13.5. The van der Waals surface area contributed by atoms with Gasteiger partial charge in [0.05, 0.1) is 15.6 Å². The fraction of sp³-hybridized carbons (Fsp3) is 0.222. The fourth-order valence-corrected chi connectivity index (χ4v) is 4.90. The zero-order valence-electron chi connectivity index (χ0n) is 19.7. The number of amides is 1. The van der Waals surface area contributed by atoms with E-state index in [9.17, 15) is 4.79 Å². The van der Waals surface area contributed by atoms with Crippen molar-refractivity contribution in [3.63, 3.8) is 0 Å². The molecule has 1 unspecified atom stereocenters. The monoisotopic (exact) mass is 533 g/mol. The minimum atomic E-state index is -0.280. The van der Waals surface area contributed by atoms with Crippen molar-refractivity contribution in [3.8, 4) is 23.4 Å². The molecule has 4 aromatic rings. The Morgan fingerprint density at radius 1 is 1.14 bits per heavy atom. The summed E-state index contributed by atoms with van der Waals surface area (Å²) in [7, 11) is 0. The molecule has 2 aromatic carbocycles. The number of pyridine rings is 1. The van der Waals surface area contributed by atoms with Gasteiger partial charge in [0.2, 0.25) is 18.2 Å². The number of hydrogen-bond donors (Lipinski definition) is 0. The Kier molecular flexibility index (Phi) is 7.08. The van der Waals surface area contributed by atoms with Gasteiger partial charge in [-0.3, -0.25) is 4.79 Å².